The first-order valence-corrected chi connectivity index (χ1v) is 9.04. The number of rotatable bonds is 4. The maximum Gasteiger partial charge on any atom is 0.322 e. The fourth-order valence-corrected chi connectivity index (χ4v) is 4.03. The monoisotopic (exact) mass is 353 g/mol. The van der Waals surface area contributed by atoms with Gasteiger partial charge in [0.1, 0.15) is 11.9 Å². The molecule has 2 aliphatic heterocycles. The van der Waals surface area contributed by atoms with Crippen LogP contribution in [0.5, 0.6) is 11.6 Å². The summed E-state index contributed by atoms with van der Waals surface area (Å²) in [5.74, 6) is 1.39. The van der Waals surface area contributed by atoms with Crippen molar-refractivity contribution in [2.75, 3.05) is 12.4 Å². The van der Waals surface area contributed by atoms with E-state index in [-0.39, 0.29) is 24.2 Å². The molecule has 2 amide bonds. The summed E-state index contributed by atoms with van der Waals surface area (Å²) < 4.78 is 11.2. The van der Waals surface area contributed by atoms with Crippen LogP contribution in [0.3, 0.4) is 0 Å². The zero-order valence-corrected chi connectivity index (χ0v) is 14.8. The third-order valence-corrected chi connectivity index (χ3v) is 5.17. The smallest absolute Gasteiger partial charge is 0.322 e. The minimum absolute atomic E-state index is 0.0398. The lowest BCUT2D eigenvalue weighted by atomic mass is 10.00. The Balaban J connectivity index is 1.40. The lowest BCUT2D eigenvalue weighted by Crippen LogP contribution is -2.50. The zero-order chi connectivity index (χ0) is 17.9. The van der Waals surface area contributed by atoms with Crippen LogP contribution in [0.4, 0.5) is 10.5 Å². The number of fused-ring (bicyclic) bond motifs is 2. The zero-order valence-electron chi connectivity index (χ0n) is 14.8. The minimum atomic E-state index is -0.0398. The van der Waals surface area contributed by atoms with Crippen LogP contribution in [-0.4, -0.2) is 41.2 Å². The van der Waals surface area contributed by atoms with Crippen molar-refractivity contribution in [2.45, 2.75) is 43.9 Å². The largest absolute Gasteiger partial charge is 0.497 e. The number of hydrogen-bond acceptors (Lipinski definition) is 4. The van der Waals surface area contributed by atoms with E-state index < -0.39 is 0 Å². The van der Waals surface area contributed by atoms with E-state index in [9.17, 15) is 4.79 Å². The van der Waals surface area contributed by atoms with Crippen LogP contribution in [0.15, 0.2) is 48.7 Å². The number of carbonyl (C=O) groups is 1. The summed E-state index contributed by atoms with van der Waals surface area (Å²) in [5, 5.41) is 3.01. The molecule has 2 aromatic rings. The Labute approximate surface area is 153 Å². The summed E-state index contributed by atoms with van der Waals surface area (Å²) in [6.07, 6.45) is 5.59. The van der Waals surface area contributed by atoms with E-state index in [1.54, 1.807) is 13.3 Å². The highest BCUT2D eigenvalue weighted by Crippen LogP contribution is 2.37. The SMILES string of the molecule is COc1cccc(NC(=O)N2C3CCC2CC(Oc2ccccn2)C3)c1. The molecule has 2 bridgehead atoms. The molecule has 0 spiro atoms. The molecule has 1 aromatic carbocycles. The number of carbonyl (C=O) groups excluding carboxylic acids is 1. The maximum absolute atomic E-state index is 12.8. The number of urea groups is 1. The van der Waals surface area contributed by atoms with Gasteiger partial charge in [-0.3, -0.25) is 0 Å². The van der Waals surface area contributed by atoms with E-state index in [1.807, 2.05) is 47.4 Å². The lowest BCUT2D eigenvalue weighted by molar-refractivity contribution is 0.0704. The van der Waals surface area contributed by atoms with Crippen molar-refractivity contribution in [1.82, 2.24) is 9.88 Å². The number of piperidine rings is 1. The number of benzene rings is 1. The van der Waals surface area contributed by atoms with Crippen LogP contribution in [0, 0.1) is 0 Å². The second-order valence-corrected chi connectivity index (χ2v) is 6.83. The Morgan fingerprint density at radius 2 is 1.96 bits per heavy atom. The number of methoxy groups -OCH3 is 1. The molecule has 6 heteroatoms. The van der Waals surface area contributed by atoms with Gasteiger partial charge in [-0.2, -0.15) is 0 Å². The lowest BCUT2D eigenvalue weighted by Gasteiger charge is -2.38. The highest BCUT2D eigenvalue weighted by Gasteiger charge is 2.44. The van der Waals surface area contributed by atoms with Gasteiger partial charge < -0.3 is 19.7 Å². The fraction of sp³-hybridized carbons (Fsp3) is 0.400. The van der Waals surface area contributed by atoms with Crippen LogP contribution in [0.2, 0.25) is 0 Å². The fourth-order valence-electron chi connectivity index (χ4n) is 4.03. The van der Waals surface area contributed by atoms with Crippen molar-refractivity contribution >= 4 is 11.7 Å². The predicted octanol–water partition coefficient (Wildman–Crippen LogP) is 3.70. The minimum Gasteiger partial charge on any atom is -0.497 e. The Bertz CT molecular complexity index is 754. The van der Waals surface area contributed by atoms with Gasteiger partial charge >= 0.3 is 6.03 Å². The molecule has 2 saturated heterocycles. The Hall–Kier alpha value is -2.76. The van der Waals surface area contributed by atoms with Crippen LogP contribution >= 0.6 is 0 Å². The number of pyridine rings is 1. The number of amides is 2. The van der Waals surface area contributed by atoms with Crippen LogP contribution in [0.1, 0.15) is 25.7 Å². The molecule has 0 aliphatic carbocycles. The van der Waals surface area contributed by atoms with E-state index in [0.717, 1.165) is 37.1 Å². The van der Waals surface area contributed by atoms with Gasteiger partial charge in [-0.25, -0.2) is 9.78 Å². The molecule has 1 aromatic heterocycles. The predicted molar refractivity (Wildman–Crippen MR) is 98.5 cm³/mol. The van der Waals surface area contributed by atoms with Crippen LogP contribution < -0.4 is 14.8 Å². The summed E-state index contributed by atoms with van der Waals surface area (Å²) in [4.78, 5) is 19.1. The molecule has 136 valence electrons. The van der Waals surface area contributed by atoms with Gasteiger partial charge in [0.15, 0.2) is 0 Å². The van der Waals surface area contributed by atoms with Crippen molar-refractivity contribution in [3.63, 3.8) is 0 Å². The second-order valence-electron chi connectivity index (χ2n) is 6.83. The first kappa shape index (κ1) is 16.7. The van der Waals surface area contributed by atoms with E-state index in [4.69, 9.17) is 9.47 Å². The molecule has 0 radical (unpaired) electrons. The summed E-state index contributed by atoms with van der Waals surface area (Å²) in [5.41, 5.74) is 0.751. The van der Waals surface area contributed by atoms with Crippen molar-refractivity contribution in [3.05, 3.63) is 48.7 Å². The molecule has 6 nitrogen and oxygen atoms in total. The van der Waals surface area contributed by atoms with E-state index >= 15 is 0 Å². The highest BCUT2D eigenvalue weighted by molar-refractivity contribution is 5.90. The summed E-state index contributed by atoms with van der Waals surface area (Å²) >= 11 is 0. The molecular weight excluding hydrogens is 330 g/mol. The number of nitrogens with zero attached hydrogens (tertiary/aromatic N) is 2. The Morgan fingerprint density at radius 3 is 2.65 bits per heavy atom. The summed E-state index contributed by atoms with van der Waals surface area (Å²) in [6, 6.07) is 13.5. The molecule has 3 heterocycles. The summed E-state index contributed by atoms with van der Waals surface area (Å²) in [7, 11) is 1.62. The summed E-state index contributed by atoms with van der Waals surface area (Å²) in [6.45, 7) is 0. The van der Waals surface area contributed by atoms with E-state index in [0.29, 0.717) is 5.88 Å². The van der Waals surface area contributed by atoms with Gasteiger partial charge in [0.25, 0.3) is 0 Å². The molecule has 2 unspecified atom stereocenters. The van der Waals surface area contributed by atoms with Gasteiger partial charge in [-0.15, -0.1) is 0 Å². The van der Waals surface area contributed by atoms with Gasteiger partial charge in [-0.05, 0) is 31.0 Å². The van der Waals surface area contributed by atoms with Crippen molar-refractivity contribution in [2.24, 2.45) is 0 Å². The number of hydrogen-bond donors (Lipinski definition) is 1. The molecule has 0 saturated carbocycles. The normalized spacial score (nSPS) is 24.2. The van der Waals surface area contributed by atoms with E-state index in [2.05, 4.69) is 10.3 Å². The first-order valence-electron chi connectivity index (χ1n) is 9.04. The molecule has 26 heavy (non-hydrogen) atoms. The van der Waals surface area contributed by atoms with Crippen molar-refractivity contribution in [3.8, 4) is 11.6 Å². The number of aromatic nitrogens is 1. The molecule has 2 fully saturated rings. The average Bonchev–Trinajstić information content (AvgIpc) is 2.94. The topological polar surface area (TPSA) is 63.7 Å². The van der Waals surface area contributed by atoms with E-state index in [1.165, 1.54) is 0 Å². The third kappa shape index (κ3) is 3.45. The van der Waals surface area contributed by atoms with Gasteiger partial charge in [-0.1, -0.05) is 12.1 Å². The Morgan fingerprint density at radius 1 is 1.15 bits per heavy atom. The average molecular weight is 353 g/mol. The highest BCUT2D eigenvalue weighted by atomic mass is 16.5. The van der Waals surface area contributed by atoms with Gasteiger partial charge in [0.05, 0.1) is 7.11 Å². The molecule has 2 aliphatic rings. The van der Waals surface area contributed by atoms with Crippen molar-refractivity contribution < 1.29 is 14.3 Å². The quantitative estimate of drug-likeness (QED) is 0.910. The standard InChI is InChI=1S/C20H23N3O3/c1-25-17-6-4-5-14(11-17)22-20(24)23-15-8-9-16(23)13-18(12-15)26-19-7-2-3-10-21-19/h2-7,10-11,15-16,18H,8-9,12-13H2,1H3,(H,22,24). The second kappa shape index (κ2) is 7.23. The molecular formula is C20H23N3O3. The Kier molecular flexibility index (Phi) is 4.65. The third-order valence-electron chi connectivity index (χ3n) is 5.17. The maximum atomic E-state index is 12.8. The number of anilines is 1. The number of ether oxygens (including phenoxy) is 2. The number of nitrogens with one attached hydrogen (secondary N) is 1. The molecule has 4 rings (SSSR count). The van der Waals surface area contributed by atoms with Crippen molar-refractivity contribution in [1.29, 1.82) is 0 Å². The van der Waals surface area contributed by atoms with Crippen LogP contribution in [-0.2, 0) is 0 Å². The van der Waals surface area contributed by atoms with Gasteiger partial charge in [0, 0.05) is 48.9 Å². The van der Waals surface area contributed by atoms with Crippen LogP contribution in [0.25, 0.3) is 0 Å². The van der Waals surface area contributed by atoms with Gasteiger partial charge in [0.2, 0.25) is 5.88 Å². The molecule has 2 atom stereocenters. The molecule has 1 N–H and O–H groups in total. The first-order chi connectivity index (χ1) is 12.7.